The maximum atomic E-state index is 11.2. The van der Waals surface area contributed by atoms with E-state index < -0.39 is 0 Å². The SMILES string of the molecule is CC.CNC(=O)Nc1ccc(Cc2ccc(NC(=O)NC)cc2)cc1.N.N.O. The average molecular weight is 395 g/mol. The Labute approximate surface area is 166 Å². The summed E-state index contributed by atoms with van der Waals surface area (Å²) >= 11 is 0. The van der Waals surface area contributed by atoms with Crippen LogP contribution >= 0.6 is 0 Å². The number of urea groups is 2. The molecule has 12 N–H and O–H groups in total. The van der Waals surface area contributed by atoms with Gasteiger partial charge in [0.2, 0.25) is 0 Å². The molecule has 158 valence electrons. The number of rotatable bonds is 4. The van der Waals surface area contributed by atoms with E-state index in [2.05, 4.69) is 21.3 Å². The van der Waals surface area contributed by atoms with E-state index in [-0.39, 0.29) is 29.8 Å². The van der Waals surface area contributed by atoms with Crippen LogP contribution in [0.2, 0.25) is 0 Å². The molecule has 28 heavy (non-hydrogen) atoms. The van der Waals surface area contributed by atoms with E-state index >= 15 is 0 Å². The molecule has 2 aromatic carbocycles. The smallest absolute Gasteiger partial charge is 0.318 e. The van der Waals surface area contributed by atoms with Crippen molar-refractivity contribution in [3.8, 4) is 0 Å². The van der Waals surface area contributed by atoms with Gasteiger partial charge in [-0.15, -0.1) is 0 Å². The van der Waals surface area contributed by atoms with Crippen LogP contribution in [0.25, 0.3) is 0 Å². The Morgan fingerprint density at radius 2 is 0.964 bits per heavy atom. The lowest BCUT2D eigenvalue weighted by molar-refractivity contribution is 0.253. The van der Waals surface area contributed by atoms with E-state index in [0.717, 1.165) is 28.9 Å². The van der Waals surface area contributed by atoms with Crippen LogP contribution in [0.1, 0.15) is 25.0 Å². The number of amides is 4. The fourth-order valence-corrected chi connectivity index (χ4v) is 2.03. The van der Waals surface area contributed by atoms with Gasteiger partial charge in [0.25, 0.3) is 0 Å². The molecule has 0 aliphatic heterocycles. The highest BCUT2D eigenvalue weighted by Gasteiger charge is 2.02. The molecule has 9 nitrogen and oxygen atoms in total. The van der Waals surface area contributed by atoms with Crippen molar-refractivity contribution in [3.05, 3.63) is 59.7 Å². The molecule has 0 unspecified atom stereocenters. The summed E-state index contributed by atoms with van der Waals surface area (Å²) in [4.78, 5) is 22.5. The Morgan fingerprint density at radius 3 is 1.21 bits per heavy atom. The lowest BCUT2D eigenvalue weighted by Crippen LogP contribution is -2.24. The van der Waals surface area contributed by atoms with Crippen LogP contribution in [-0.2, 0) is 6.42 Å². The van der Waals surface area contributed by atoms with Gasteiger partial charge in [0, 0.05) is 25.5 Å². The summed E-state index contributed by atoms with van der Waals surface area (Å²) < 4.78 is 0. The van der Waals surface area contributed by atoms with Gasteiger partial charge in [-0.05, 0) is 41.8 Å². The molecule has 0 heterocycles. The van der Waals surface area contributed by atoms with E-state index in [9.17, 15) is 9.59 Å². The number of hydrogen-bond acceptors (Lipinski definition) is 4. The second kappa shape index (κ2) is 16.1. The first-order chi connectivity index (χ1) is 12.1. The molecule has 0 fully saturated rings. The minimum absolute atomic E-state index is 0. The molecule has 0 bridgehead atoms. The molecule has 2 rings (SSSR count). The molecule has 0 aromatic heterocycles. The van der Waals surface area contributed by atoms with Crippen molar-refractivity contribution in [2.24, 2.45) is 0 Å². The van der Waals surface area contributed by atoms with E-state index in [1.807, 2.05) is 62.4 Å². The minimum Gasteiger partial charge on any atom is -0.412 e. The number of carbonyl (C=O) groups excluding carboxylic acids is 2. The second-order valence-corrected chi connectivity index (χ2v) is 4.98. The average Bonchev–Trinajstić information content (AvgIpc) is 2.66. The zero-order valence-corrected chi connectivity index (χ0v) is 17.1. The molecule has 0 radical (unpaired) electrons. The Hall–Kier alpha value is -3.14. The number of carbonyl (C=O) groups is 2. The first kappa shape index (κ1) is 29.6. The topological polar surface area (TPSA) is 184 Å². The summed E-state index contributed by atoms with van der Waals surface area (Å²) in [5.41, 5.74) is 3.77. The number of hydrogen-bond donors (Lipinski definition) is 6. The van der Waals surface area contributed by atoms with Crippen LogP contribution in [0.5, 0.6) is 0 Å². The maximum Gasteiger partial charge on any atom is 0.318 e. The zero-order chi connectivity index (χ0) is 18.7. The molecule has 0 aliphatic rings. The van der Waals surface area contributed by atoms with Gasteiger partial charge in [0.05, 0.1) is 0 Å². The summed E-state index contributed by atoms with van der Waals surface area (Å²) in [5.74, 6) is 0. The van der Waals surface area contributed by atoms with Crippen molar-refractivity contribution in [1.29, 1.82) is 0 Å². The summed E-state index contributed by atoms with van der Waals surface area (Å²) in [5, 5.41) is 10.4. The predicted molar refractivity (Wildman–Crippen MR) is 117 cm³/mol. The van der Waals surface area contributed by atoms with Gasteiger partial charge in [0.1, 0.15) is 0 Å². The van der Waals surface area contributed by atoms with Crippen LogP contribution in [0.4, 0.5) is 21.0 Å². The highest BCUT2D eigenvalue weighted by molar-refractivity contribution is 5.89. The lowest BCUT2D eigenvalue weighted by Gasteiger charge is -2.08. The fourth-order valence-electron chi connectivity index (χ4n) is 2.03. The third kappa shape index (κ3) is 10.1. The molecule has 0 spiro atoms. The van der Waals surface area contributed by atoms with Crippen molar-refractivity contribution in [1.82, 2.24) is 22.9 Å². The summed E-state index contributed by atoms with van der Waals surface area (Å²) in [7, 11) is 3.15. The largest absolute Gasteiger partial charge is 0.412 e. The number of benzene rings is 2. The van der Waals surface area contributed by atoms with Gasteiger partial charge in [-0.3, -0.25) is 0 Å². The Morgan fingerprint density at radius 1 is 0.679 bits per heavy atom. The molecule has 0 atom stereocenters. The summed E-state index contributed by atoms with van der Waals surface area (Å²) in [6, 6.07) is 14.9. The van der Waals surface area contributed by atoms with Gasteiger partial charge >= 0.3 is 12.1 Å². The molecule has 0 saturated carbocycles. The van der Waals surface area contributed by atoms with Crippen LogP contribution in [0.15, 0.2) is 48.5 Å². The van der Waals surface area contributed by atoms with Crippen molar-refractivity contribution in [2.45, 2.75) is 20.3 Å². The Kier molecular flexibility index (Phi) is 17.0. The first-order valence-corrected chi connectivity index (χ1v) is 8.26. The normalized spacial score (nSPS) is 8.29. The fraction of sp³-hybridized carbons (Fsp3) is 0.263. The van der Waals surface area contributed by atoms with Crippen LogP contribution in [0, 0.1) is 0 Å². The predicted octanol–water partition coefficient (Wildman–Crippen LogP) is 3.31. The van der Waals surface area contributed by atoms with Crippen molar-refractivity contribution in [3.63, 3.8) is 0 Å². The van der Waals surface area contributed by atoms with Crippen molar-refractivity contribution in [2.75, 3.05) is 24.7 Å². The monoisotopic (exact) mass is 394 g/mol. The number of anilines is 2. The van der Waals surface area contributed by atoms with E-state index in [4.69, 9.17) is 0 Å². The third-order valence-electron chi connectivity index (χ3n) is 3.29. The van der Waals surface area contributed by atoms with Crippen molar-refractivity contribution >= 4 is 23.4 Å². The second-order valence-electron chi connectivity index (χ2n) is 4.98. The summed E-state index contributed by atoms with van der Waals surface area (Å²) in [6.07, 6.45) is 0.778. The third-order valence-corrected chi connectivity index (χ3v) is 3.29. The highest BCUT2D eigenvalue weighted by atomic mass is 16.2. The van der Waals surface area contributed by atoms with Crippen LogP contribution < -0.4 is 33.6 Å². The van der Waals surface area contributed by atoms with Gasteiger partial charge in [0.15, 0.2) is 0 Å². The maximum absolute atomic E-state index is 11.2. The summed E-state index contributed by atoms with van der Waals surface area (Å²) in [6.45, 7) is 4.00. The molecule has 0 saturated heterocycles. The standard InChI is InChI=1S/C17H20N4O2.C2H6.2H3N.H2O/c1-18-16(22)20-14-7-3-12(4-8-14)11-13-5-9-15(10-6-13)21-17(23)19-2;1-2;;;/h3-10H,11H2,1-2H3,(H2,18,20,22)(H2,19,21,23);1-2H3;2*1H3;1H2. The molecular weight excluding hydrogens is 360 g/mol. The van der Waals surface area contributed by atoms with Crippen molar-refractivity contribution < 1.29 is 15.1 Å². The Balaban J connectivity index is -0.00000121. The first-order valence-electron chi connectivity index (χ1n) is 8.26. The van der Waals surface area contributed by atoms with Gasteiger partial charge in [-0.2, -0.15) is 0 Å². The molecular formula is C19H34N6O3. The minimum atomic E-state index is -0.239. The number of nitrogens with one attached hydrogen (secondary N) is 4. The van der Waals surface area contributed by atoms with Gasteiger partial charge in [-0.1, -0.05) is 38.1 Å². The molecule has 0 aliphatic carbocycles. The van der Waals surface area contributed by atoms with Gasteiger partial charge < -0.3 is 39.0 Å². The van der Waals surface area contributed by atoms with Gasteiger partial charge in [-0.25, -0.2) is 9.59 Å². The molecule has 9 heteroatoms. The van der Waals surface area contributed by atoms with Crippen LogP contribution in [-0.4, -0.2) is 31.6 Å². The quantitative estimate of drug-likeness (QED) is 0.465. The Bertz CT molecular complexity index is 616. The van der Waals surface area contributed by atoms with Crippen LogP contribution in [0.3, 0.4) is 0 Å². The highest BCUT2D eigenvalue weighted by Crippen LogP contribution is 2.16. The zero-order valence-electron chi connectivity index (χ0n) is 17.1. The lowest BCUT2D eigenvalue weighted by atomic mass is 10.0. The van der Waals surface area contributed by atoms with E-state index in [1.54, 1.807) is 14.1 Å². The molecule has 2 aromatic rings. The van der Waals surface area contributed by atoms with E-state index in [0.29, 0.717) is 0 Å². The van der Waals surface area contributed by atoms with E-state index in [1.165, 1.54) is 0 Å². The molecule has 4 amide bonds.